The summed E-state index contributed by atoms with van der Waals surface area (Å²) in [5.74, 6) is -0.204. The molecule has 0 saturated carbocycles. The number of nitrogens with two attached hydrogens (primary N) is 1. The predicted octanol–water partition coefficient (Wildman–Crippen LogP) is 1.33. The zero-order valence-corrected chi connectivity index (χ0v) is 14.8. The number of likely N-dealkylation sites (tertiary alicyclic amines) is 1. The molecule has 0 aliphatic carbocycles. The molecule has 1 aromatic carbocycles. The third-order valence-electron chi connectivity index (χ3n) is 4.30. The quantitative estimate of drug-likeness (QED) is 0.598. The third kappa shape index (κ3) is 5.40. The first-order valence-electron chi connectivity index (χ1n) is 7.96. The summed E-state index contributed by atoms with van der Waals surface area (Å²) in [5.41, 5.74) is 5.64. The van der Waals surface area contributed by atoms with Gasteiger partial charge in [0.2, 0.25) is 5.91 Å². The molecule has 1 unspecified atom stereocenters. The highest BCUT2D eigenvalue weighted by molar-refractivity contribution is 5.97. The lowest BCUT2D eigenvalue weighted by Crippen LogP contribution is -2.49. The number of nitro groups is 1. The van der Waals surface area contributed by atoms with E-state index in [1.54, 1.807) is 11.8 Å². The molecule has 1 atom stereocenters. The van der Waals surface area contributed by atoms with Crippen LogP contribution in [0.3, 0.4) is 0 Å². The highest BCUT2D eigenvalue weighted by Gasteiger charge is 2.26. The number of halogens is 1. The Morgan fingerprint density at radius 3 is 2.60 bits per heavy atom. The molecule has 9 heteroatoms. The van der Waals surface area contributed by atoms with Crippen molar-refractivity contribution in [3.8, 4) is 0 Å². The molecule has 8 nitrogen and oxygen atoms in total. The van der Waals surface area contributed by atoms with E-state index < -0.39 is 16.9 Å². The van der Waals surface area contributed by atoms with Crippen LogP contribution in [-0.2, 0) is 4.79 Å². The fourth-order valence-electron chi connectivity index (χ4n) is 2.77. The number of hydrogen-bond donors (Lipinski definition) is 2. The van der Waals surface area contributed by atoms with Crippen molar-refractivity contribution >= 4 is 29.9 Å². The van der Waals surface area contributed by atoms with E-state index >= 15 is 0 Å². The molecule has 25 heavy (non-hydrogen) atoms. The lowest BCUT2D eigenvalue weighted by molar-refractivity contribution is -0.384. The van der Waals surface area contributed by atoms with Gasteiger partial charge in [0, 0.05) is 30.8 Å². The van der Waals surface area contributed by atoms with Crippen molar-refractivity contribution in [3.63, 3.8) is 0 Å². The van der Waals surface area contributed by atoms with Crippen molar-refractivity contribution in [1.82, 2.24) is 10.2 Å². The number of carbonyl (C=O) groups excluding carboxylic acids is 2. The van der Waals surface area contributed by atoms with Crippen molar-refractivity contribution in [3.05, 3.63) is 39.9 Å². The maximum absolute atomic E-state index is 12.4. The number of nitrogens with one attached hydrogen (secondary N) is 1. The third-order valence-corrected chi connectivity index (χ3v) is 4.30. The van der Waals surface area contributed by atoms with Crippen LogP contribution in [0.25, 0.3) is 0 Å². The molecule has 1 heterocycles. The van der Waals surface area contributed by atoms with E-state index in [-0.39, 0.29) is 29.6 Å². The van der Waals surface area contributed by atoms with Crippen molar-refractivity contribution in [2.75, 3.05) is 19.6 Å². The fourth-order valence-corrected chi connectivity index (χ4v) is 2.77. The van der Waals surface area contributed by atoms with Gasteiger partial charge >= 0.3 is 0 Å². The Morgan fingerprint density at radius 2 is 2.04 bits per heavy atom. The van der Waals surface area contributed by atoms with Gasteiger partial charge in [-0.2, -0.15) is 0 Å². The molecule has 138 valence electrons. The maximum Gasteiger partial charge on any atom is 0.270 e. The maximum atomic E-state index is 12.4. The van der Waals surface area contributed by atoms with Crippen molar-refractivity contribution in [2.45, 2.75) is 25.8 Å². The van der Waals surface area contributed by atoms with Gasteiger partial charge in [0.25, 0.3) is 11.6 Å². The predicted molar refractivity (Wildman–Crippen MR) is 95.6 cm³/mol. The van der Waals surface area contributed by atoms with Gasteiger partial charge in [0.15, 0.2) is 0 Å². The number of nitro benzene ring substituents is 1. The summed E-state index contributed by atoms with van der Waals surface area (Å²) in [5, 5.41) is 13.4. The van der Waals surface area contributed by atoms with Gasteiger partial charge in [-0.05, 0) is 38.3 Å². The zero-order valence-electron chi connectivity index (χ0n) is 14.0. The Kier molecular flexibility index (Phi) is 7.79. The monoisotopic (exact) mass is 370 g/mol. The van der Waals surface area contributed by atoms with Crippen molar-refractivity contribution < 1.29 is 14.5 Å². The van der Waals surface area contributed by atoms with Crippen LogP contribution in [0.15, 0.2) is 24.3 Å². The van der Waals surface area contributed by atoms with E-state index in [1.807, 2.05) is 0 Å². The lowest BCUT2D eigenvalue weighted by atomic mass is 9.97. The van der Waals surface area contributed by atoms with Gasteiger partial charge < -0.3 is 16.0 Å². The molecule has 1 aliphatic rings. The van der Waals surface area contributed by atoms with E-state index in [0.717, 1.165) is 12.8 Å². The molecule has 0 bridgehead atoms. The normalized spacial score (nSPS) is 15.8. The summed E-state index contributed by atoms with van der Waals surface area (Å²) in [4.78, 5) is 36.5. The number of non-ortho nitro benzene ring substituents is 1. The topological polar surface area (TPSA) is 119 Å². The molecule has 1 saturated heterocycles. The molecule has 2 amide bonds. The first-order valence-corrected chi connectivity index (χ1v) is 7.96. The number of benzene rings is 1. The SMILES string of the molecule is CC(NC(=O)c1cccc([N+](=O)[O-])c1)C(=O)N1CCC(CN)CC1.Cl. The van der Waals surface area contributed by atoms with Gasteiger partial charge in [0.1, 0.15) is 6.04 Å². The average Bonchev–Trinajstić information content (AvgIpc) is 2.61. The van der Waals surface area contributed by atoms with E-state index in [9.17, 15) is 19.7 Å². The Hall–Kier alpha value is -2.19. The highest BCUT2D eigenvalue weighted by Crippen LogP contribution is 2.17. The van der Waals surface area contributed by atoms with Crippen LogP contribution in [0.1, 0.15) is 30.1 Å². The molecule has 0 radical (unpaired) electrons. The summed E-state index contributed by atoms with van der Waals surface area (Å²) in [6.45, 7) is 3.52. The van der Waals surface area contributed by atoms with E-state index in [0.29, 0.717) is 25.6 Å². The second-order valence-corrected chi connectivity index (χ2v) is 6.01. The Balaban J connectivity index is 0.00000312. The van der Waals surface area contributed by atoms with Crippen LogP contribution in [0, 0.1) is 16.0 Å². The molecule has 3 N–H and O–H groups in total. The van der Waals surface area contributed by atoms with Gasteiger partial charge in [-0.3, -0.25) is 19.7 Å². The fraction of sp³-hybridized carbons (Fsp3) is 0.500. The summed E-state index contributed by atoms with van der Waals surface area (Å²) < 4.78 is 0. The average molecular weight is 371 g/mol. The van der Waals surface area contributed by atoms with Gasteiger partial charge in [0.05, 0.1) is 4.92 Å². The Bertz CT molecular complexity index is 632. The number of piperidine rings is 1. The number of rotatable bonds is 5. The molecular weight excluding hydrogens is 348 g/mol. The zero-order chi connectivity index (χ0) is 17.7. The Labute approximate surface area is 152 Å². The molecular formula is C16H23ClN4O4. The van der Waals surface area contributed by atoms with Crippen LogP contribution in [-0.4, -0.2) is 47.3 Å². The number of hydrogen-bond acceptors (Lipinski definition) is 5. The molecule has 0 spiro atoms. The van der Waals surface area contributed by atoms with E-state index in [1.165, 1.54) is 24.3 Å². The van der Waals surface area contributed by atoms with Gasteiger partial charge in [-0.15, -0.1) is 12.4 Å². The number of amides is 2. The first-order chi connectivity index (χ1) is 11.4. The largest absolute Gasteiger partial charge is 0.341 e. The molecule has 1 aromatic rings. The minimum atomic E-state index is -0.689. The summed E-state index contributed by atoms with van der Waals surface area (Å²) in [6, 6.07) is 4.74. The summed E-state index contributed by atoms with van der Waals surface area (Å²) in [6.07, 6.45) is 1.74. The summed E-state index contributed by atoms with van der Waals surface area (Å²) in [7, 11) is 0. The van der Waals surface area contributed by atoms with Crippen LogP contribution >= 0.6 is 12.4 Å². The molecule has 1 fully saturated rings. The summed E-state index contributed by atoms with van der Waals surface area (Å²) >= 11 is 0. The number of carbonyl (C=O) groups is 2. The van der Waals surface area contributed by atoms with E-state index in [4.69, 9.17) is 5.73 Å². The standard InChI is InChI=1S/C16H22N4O4.ClH/c1-11(16(22)19-7-5-12(10-17)6-8-19)18-15(21)13-3-2-4-14(9-13)20(23)24;/h2-4,9,11-12H,5-8,10,17H2,1H3,(H,18,21);1H. The van der Waals surface area contributed by atoms with Crippen LogP contribution < -0.4 is 11.1 Å². The second kappa shape index (κ2) is 9.33. The molecule has 1 aliphatic heterocycles. The lowest BCUT2D eigenvalue weighted by Gasteiger charge is -2.33. The molecule has 2 rings (SSSR count). The van der Waals surface area contributed by atoms with Crippen LogP contribution in [0.4, 0.5) is 5.69 Å². The Morgan fingerprint density at radius 1 is 1.40 bits per heavy atom. The highest BCUT2D eigenvalue weighted by atomic mass is 35.5. The van der Waals surface area contributed by atoms with Gasteiger partial charge in [-0.1, -0.05) is 6.07 Å². The smallest absolute Gasteiger partial charge is 0.270 e. The second-order valence-electron chi connectivity index (χ2n) is 6.01. The minimum absolute atomic E-state index is 0. The van der Waals surface area contributed by atoms with Crippen LogP contribution in [0.5, 0.6) is 0 Å². The van der Waals surface area contributed by atoms with Crippen molar-refractivity contribution in [1.29, 1.82) is 0 Å². The van der Waals surface area contributed by atoms with Crippen LogP contribution in [0.2, 0.25) is 0 Å². The van der Waals surface area contributed by atoms with E-state index in [2.05, 4.69) is 5.32 Å². The number of nitrogens with zero attached hydrogens (tertiary/aromatic N) is 2. The first kappa shape index (κ1) is 20.9. The minimum Gasteiger partial charge on any atom is -0.341 e. The van der Waals surface area contributed by atoms with Gasteiger partial charge in [-0.25, -0.2) is 0 Å². The molecule has 0 aromatic heterocycles. The van der Waals surface area contributed by atoms with Crippen molar-refractivity contribution in [2.24, 2.45) is 11.7 Å².